The molecule has 1 unspecified atom stereocenters. The molecule has 0 saturated carbocycles. The van der Waals surface area contributed by atoms with Crippen LogP contribution in [0.25, 0.3) is 0 Å². The number of hydrogen-bond acceptors (Lipinski definition) is 4. The molecule has 0 radical (unpaired) electrons. The van der Waals surface area contributed by atoms with Gasteiger partial charge in [-0.25, -0.2) is 4.98 Å². The van der Waals surface area contributed by atoms with Gasteiger partial charge >= 0.3 is 0 Å². The van der Waals surface area contributed by atoms with E-state index in [4.69, 9.17) is 0 Å². The van der Waals surface area contributed by atoms with Crippen molar-refractivity contribution < 1.29 is 0 Å². The Morgan fingerprint density at radius 1 is 1.29 bits per heavy atom. The Kier molecular flexibility index (Phi) is 3.98. The van der Waals surface area contributed by atoms with E-state index in [0.717, 1.165) is 18.2 Å². The van der Waals surface area contributed by atoms with Gasteiger partial charge in [-0.05, 0) is 48.4 Å². The van der Waals surface area contributed by atoms with Gasteiger partial charge in [0.1, 0.15) is 11.6 Å². The lowest BCUT2D eigenvalue weighted by molar-refractivity contribution is 0.880. The van der Waals surface area contributed by atoms with E-state index < -0.39 is 0 Å². The maximum atomic E-state index is 4.49. The zero-order chi connectivity index (χ0) is 12.1. The summed E-state index contributed by atoms with van der Waals surface area (Å²) in [5.41, 5.74) is 1.30. The predicted molar refractivity (Wildman–Crippen MR) is 74.8 cm³/mol. The molecule has 17 heavy (non-hydrogen) atoms. The van der Waals surface area contributed by atoms with Gasteiger partial charge in [0.15, 0.2) is 0 Å². The number of rotatable bonds is 5. The zero-order valence-electron chi connectivity index (χ0n) is 10.1. The van der Waals surface area contributed by atoms with Crippen molar-refractivity contribution in [3.05, 3.63) is 40.6 Å². The van der Waals surface area contributed by atoms with Crippen molar-refractivity contribution in [2.24, 2.45) is 0 Å². The normalized spacial score (nSPS) is 12.1. The summed E-state index contributed by atoms with van der Waals surface area (Å²) in [5, 5.41) is 10.9. The number of pyridine rings is 1. The van der Waals surface area contributed by atoms with Gasteiger partial charge in [0.25, 0.3) is 0 Å². The van der Waals surface area contributed by atoms with Crippen LogP contribution in [0.3, 0.4) is 0 Å². The quantitative estimate of drug-likeness (QED) is 0.845. The monoisotopic (exact) mass is 247 g/mol. The van der Waals surface area contributed by atoms with Crippen molar-refractivity contribution in [1.82, 2.24) is 4.98 Å². The maximum absolute atomic E-state index is 4.49. The van der Waals surface area contributed by atoms with Crippen molar-refractivity contribution in [1.29, 1.82) is 0 Å². The molecule has 3 nitrogen and oxygen atoms in total. The molecule has 1 atom stereocenters. The smallest absolute Gasteiger partial charge is 0.128 e. The first-order chi connectivity index (χ1) is 8.29. The van der Waals surface area contributed by atoms with Gasteiger partial charge in [-0.2, -0.15) is 11.3 Å². The second-order valence-electron chi connectivity index (χ2n) is 3.86. The van der Waals surface area contributed by atoms with Crippen molar-refractivity contribution in [3.63, 3.8) is 0 Å². The first-order valence-corrected chi connectivity index (χ1v) is 6.73. The standard InChI is InChI=1S/C13H17N3S/c1-3-14-12-5-4-6-13(16-12)15-10(2)11-7-8-17-9-11/h4-10H,3H2,1-2H3,(H2,14,15,16). The lowest BCUT2D eigenvalue weighted by atomic mass is 10.2. The summed E-state index contributed by atoms with van der Waals surface area (Å²) in [6.07, 6.45) is 0. The van der Waals surface area contributed by atoms with Crippen molar-refractivity contribution in [2.45, 2.75) is 19.9 Å². The van der Waals surface area contributed by atoms with Crippen LogP contribution in [0.5, 0.6) is 0 Å². The molecule has 0 bridgehead atoms. The summed E-state index contributed by atoms with van der Waals surface area (Å²) in [6, 6.07) is 8.39. The highest BCUT2D eigenvalue weighted by Gasteiger charge is 2.06. The molecule has 2 aromatic heterocycles. The first kappa shape index (κ1) is 11.9. The van der Waals surface area contributed by atoms with Gasteiger partial charge in [0.2, 0.25) is 0 Å². The molecular weight excluding hydrogens is 230 g/mol. The number of anilines is 2. The molecule has 2 heterocycles. The number of hydrogen-bond donors (Lipinski definition) is 2. The summed E-state index contributed by atoms with van der Waals surface area (Å²) in [6.45, 7) is 5.09. The Morgan fingerprint density at radius 3 is 2.82 bits per heavy atom. The molecule has 4 heteroatoms. The Bertz CT molecular complexity index is 453. The van der Waals surface area contributed by atoms with E-state index in [0.29, 0.717) is 0 Å². The van der Waals surface area contributed by atoms with Crippen molar-refractivity contribution in [3.8, 4) is 0 Å². The van der Waals surface area contributed by atoms with Crippen LogP contribution >= 0.6 is 11.3 Å². The molecule has 2 N–H and O–H groups in total. The second-order valence-corrected chi connectivity index (χ2v) is 4.64. The fourth-order valence-corrected chi connectivity index (χ4v) is 2.38. The van der Waals surface area contributed by atoms with E-state index in [1.165, 1.54) is 5.56 Å². The fourth-order valence-electron chi connectivity index (χ4n) is 1.62. The minimum absolute atomic E-state index is 0.283. The minimum Gasteiger partial charge on any atom is -0.370 e. The third kappa shape index (κ3) is 3.20. The van der Waals surface area contributed by atoms with Gasteiger partial charge in [-0.1, -0.05) is 6.07 Å². The summed E-state index contributed by atoms with van der Waals surface area (Å²) < 4.78 is 0. The molecule has 2 aromatic rings. The topological polar surface area (TPSA) is 37.0 Å². The van der Waals surface area contributed by atoms with E-state index in [1.807, 2.05) is 18.2 Å². The van der Waals surface area contributed by atoms with Gasteiger partial charge in [-0.3, -0.25) is 0 Å². The molecule has 0 aliphatic heterocycles. The second kappa shape index (κ2) is 5.68. The largest absolute Gasteiger partial charge is 0.370 e. The van der Waals surface area contributed by atoms with Crippen LogP contribution in [-0.4, -0.2) is 11.5 Å². The highest BCUT2D eigenvalue weighted by molar-refractivity contribution is 7.07. The number of thiophene rings is 1. The Hall–Kier alpha value is -1.55. The van der Waals surface area contributed by atoms with Crippen LogP contribution < -0.4 is 10.6 Å². The third-order valence-corrected chi connectivity index (χ3v) is 3.22. The van der Waals surface area contributed by atoms with Crippen LogP contribution in [-0.2, 0) is 0 Å². The van der Waals surface area contributed by atoms with E-state index in [9.17, 15) is 0 Å². The molecule has 0 spiro atoms. The van der Waals surface area contributed by atoms with Crippen LogP contribution in [0.1, 0.15) is 25.5 Å². The molecule has 0 aliphatic carbocycles. The molecular formula is C13H17N3S. The van der Waals surface area contributed by atoms with Crippen LogP contribution in [0, 0.1) is 0 Å². The number of aromatic nitrogens is 1. The summed E-state index contributed by atoms with van der Waals surface area (Å²) in [4.78, 5) is 4.49. The molecule has 0 saturated heterocycles. The number of nitrogens with zero attached hydrogens (tertiary/aromatic N) is 1. The summed E-state index contributed by atoms with van der Waals surface area (Å²) in [5.74, 6) is 1.82. The van der Waals surface area contributed by atoms with E-state index in [-0.39, 0.29) is 6.04 Å². The van der Waals surface area contributed by atoms with E-state index in [1.54, 1.807) is 11.3 Å². The Labute approximate surface area is 106 Å². The molecule has 0 aliphatic rings. The predicted octanol–water partition coefficient (Wildman–Crippen LogP) is 3.75. The summed E-state index contributed by atoms with van der Waals surface area (Å²) >= 11 is 1.72. The zero-order valence-corrected chi connectivity index (χ0v) is 10.9. The van der Waals surface area contributed by atoms with Crippen molar-refractivity contribution >= 4 is 23.0 Å². The van der Waals surface area contributed by atoms with Crippen molar-refractivity contribution in [2.75, 3.05) is 17.2 Å². The lowest BCUT2D eigenvalue weighted by Crippen LogP contribution is -2.08. The van der Waals surface area contributed by atoms with Crippen LogP contribution in [0.2, 0.25) is 0 Å². The number of nitrogens with one attached hydrogen (secondary N) is 2. The average Bonchev–Trinajstić information content (AvgIpc) is 2.83. The van der Waals surface area contributed by atoms with Gasteiger partial charge < -0.3 is 10.6 Å². The Balaban J connectivity index is 2.05. The highest BCUT2D eigenvalue weighted by atomic mass is 32.1. The summed E-state index contributed by atoms with van der Waals surface area (Å²) in [7, 11) is 0. The van der Waals surface area contributed by atoms with Gasteiger partial charge in [0.05, 0.1) is 6.04 Å². The highest BCUT2D eigenvalue weighted by Crippen LogP contribution is 2.20. The SMILES string of the molecule is CCNc1cccc(NC(C)c2ccsc2)n1. The molecule has 2 rings (SSSR count). The van der Waals surface area contributed by atoms with E-state index >= 15 is 0 Å². The van der Waals surface area contributed by atoms with Gasteiger partial charge in [0, 0.05) is 6.54 Å². The molecule has 0 amide bonds. The van der Waals surface area contributed by atoms with Crippen LogP contribution in [0.4, 0.5) is 11.6 Å². The van der Waals surface area contributed by atoms with Gasteiger partial charge in [-0.15, -0.1) is 0 Å². The first-order valence-electron chi connectivity index (χ1n) is 5.79. The lowest BCUT2D eigenvalue weighted by Gasteiger charge is -2.14. The molecule has 0 fully saturated rings. The van der Waals surface area contributed by atoms with E-state index in [2.05, 4.69) is 46.3 Å². The fraction of sp³-hybridized carbons (Fsp3) is 0.308. The third-order valence-electron chi connectivity index (χ3n) is 2.51. The average molecular weight is 247 g/mol. The Morgan fingerprint density at radius 2 is 2.12 bits per heavy atom. The molecule has 90 valence electrons. The maximum Gasteiger partial charge on any atom is 0.128 e. The minimum atomic E-state index is 0.283. The van der Waals surface area contributed by atoms with Crippen LogP contribution in [0.15, 0.2) is 35.0 Å². The molecule has 0 aromatic carbocycles.